The lowest BCUT2D eigenvalue weighted by atomic mass is 9.87. The second-order valence-electron chi connectivity index (χ2n) is 10.8. The largest absolute Gasteiger partial charge is 0.513 e. The van der Waals surface area contributed by atoms with Crippen LogP contribution in [0.1, 0.15) is 79.2 Å². The summed E-state index contributed by atoms with van der Waals surface area (Å²) < 4.78 is 26.1. The van der Waals surface area contributed by atoms with Gasteiger partial charge in [0.2, 0.25) is 0 Å². The Hall–Kier alpha value is -3.34. The van der Waals surface area contributed by atoms with Crippen molar-refractivity contribution in [1.82, 2.24) is 0 Å². The zero-order valence-electron chi connectivity index (χ0n) is 23.9. The van der Waals surface area contributed by atoms with Gasteiger partial charge in [-0.3, -0.25) is 9.59 Å². The fraction of sp³-hybridized carbons (Fsp3) is 0.643. The predicted octanol–water partition coefficient (Wildman–Crippen LogP) is 5.28. The molecule has 2 unspecified atom stereocenters. The highest BCUT2D eigenvalue weighted by molar-refractivity contribution is 5.75. The quantitative estimate of drug-likeness (QED) is 0.165. The minimum atomic E-state index is -1.37. The lowest BCUT2D eigenvalue weighted by molar-refractivity contribution is -0.149. The number of rotatable bonds is 15. The highest BCUT2D eigenvalue weighted by atomic mass is 16.7. The minimum absolute atomic E-state index is 0.0493. The van der Waals surface area contributed by atoms with E-state index in [0.29, 0.717) is 17.9 Å². The molecule has 0 fully saturated rings. The molecule has 0 aliphatic rings. The van der Waals surface area contributed by atoms with Gasteiger partial charge in [-0.1, -0.05) is 47.6 Å². The van der Waals surface area contributed by atoms with Crippen LogP contribution in [0.5, 0.6) is 11.5 Å². The van der Waals surface area contributed by atoms with E-state index < -0.39 is 36.3 Å². The molecule has 0 saturated carbocycles. The van der Waals surface area contributed by atoms with Gasteiger partial charge in [0.15, 0.2) is 11.5 Å². The smallest absolute Gasteiger partial charge is 0.480 e. The van der Waals surface area contributed by atoms with E-state index in [9.17, 15) is 24.3 Å². The van der Waals surface area contributed by atoms with Crippen molar-refractivity contribution in [3.8, 4) is 11.5 Å². The standard InChI is InChI=1S/C28H43NO10/c1-16(2)8-11-24(30)37-19(7)12-21(25(29)26(31)32)20-9-10-22(38-27(33)35-14-17(3)4)23(13-20)39-28(34)36-15-18(5)6/h9-10,13,16-19,21,25H,8,11-12,14-15,29H2,1-7H3,(H,31,32)/t19?,21?,25-/m0/s1. The number of hydrogen-bond donors (Lipinski definition) is 2. The van der Waals surface area contributed by atoms with Crippen molar-refractivity contribution in [1.29, 1.82) is 0 Å². The van der Waals surface area contributed by atoms with E-state index in [1.807, 2.05) is 41.5 Å². The molecule has 0 amide bonds. The molecule has 11 nitrogen and oxygen atoms in total. The van der Waals surface area contributed by atoms with Crippen LogP contribution in [0.25, 0.3) is 0 Å². The van der Waals surface area contributed by atoms with Crippen LogP contribution in [0, 0.1) is 17.8 Å². The molecule has 220 valence electrons. The van der Waals surface area contributed by atoms with Gasteiger partial charge in [-0.15, -0.1) is 0 Å². The number of benzene rings is 1. The van der Waals surface area contributed by atoms with Crippen LogP contribution in [0.2, 0.25) is 0 Å². The van der Waals surface area contributed by atoms with E-state index in [1.165, 1.54) is 18.2 Å². The molecular weight excluding hydrogens is 510 g/mol. The number of nitrogens with two attached hydrogens (primary N) is 1. The third-order valence-electron chi connectivity index (χ3n) is 5.41. The van der Waals surface area contributed by atoms with Crippen LogP contribution in [-0.2, 0) is 23.8 Å². The van der Waals surface area contributed by atoms with Gasteiger partial charge in [0, 0.05) is 12.3 Å². The Labute approximate surface area is 230 Å². The zero-order valence-corrected chi connectivity index (χ0v) is 23.9. The van der Waals surface area contributed by atoms with Crippen LogP contribution in [-0.4, -0.2) is 54.7 Å². The molecular formula is C28H43NO10. The normalized spacial score (nSPS) is 13.5. The Morgan fingerprint density at radius 2 is 1.36 bits per heavy atom. The summed E-state index contributed by atoms with van der Waals surface area (Å²) in [6.07, 6.45) is -1.70. The van der Waals surface area contributed by atoms with Crippen molar-refractivity contribution >= 4 is 24.2 Å². The summed E-state index contributed by atoms with van der Waals surface area (Å²) in [5.74, 6) is -2.37. The van der Waals surface area contributed by atoms with Crippen molar-refractivity contribution < 1.29 is 48.0 Å². The Morgan fingerprint density at radius 1 is 0.821 bits per heavy atom. The number of carbonyl (C=O) groups excluding carboxylic acids is 3. The number of aliphatic carboxylic acids is 1. The van der Waals surface area contributed by atoms with Gasteiger partial charge >= 0.3 is 24.2 Å². The summed E-state index contributed by atoms with van der Waals surface area (Å²) in [5.41, 5.74) is 6.38. The summed E-state index contributed by atoms with van der Waals surface area (Å²) >= 11 is 0. The highest BCUT2D eigenvalue weighted by Gasteiger charge is 2.30. The third kappa shape index (κ3) is 13.3. The molecule has 39 heavy (non-hydrogen) atoms. The molecule has 0 saturated heterocycles. The van der Waals surface area contributed by atoms with E-state index in [2.05, 4.69) is 0 Å². The van der Waals surface area contributed by atoms with Gasteiger partial charge in [-0.2, -0.15) is 0 Å². The maximum absolute atomic E-state index is 12.3. The molecule has 3 N–H and O–H groups in total. The van der Waals surface area contributed by atoms with Crippen molar-refractivity contribution in [2.24, 2.45) is 23.5 Å². The number of esters is 1. The first-order valence-corrected chi connectivity index (χ1v) is 13.2. The van der Waals surface area contributed by atoms with Crippen LogP contribution in [0.3, 0.4) is 0 Å². The first-order valence-electron chi connectivity index (χ1n) is 13.2. The molecule has 0 aromatic heterocycles. The van der Waals surface area contributed by atoms with E-state index >= 15 is 0 Å². The summed E-state index contributed by atoms with van der Waals surface area (Å²) in [7, 11) is 0. The van der Waals surface area contributed by atoms with Gasteiger partial charge in [-0.25, -0.2) is 9.59 Å². The number of carbonyl (C=O) groups is 4. The SMILES string of the molecule is CC(C)CCC(=O)OC(C)CC(c1ccc(OC(=O)OCC(C)C)c(OC(=O)OCC(C)C)c1)[C@H](N)C(=O)O. The van der Waals surface area contributed by atoms with Gasteiger partial charge in [0.25, 0.3) is 0 Å². The minimum Gasteiger partial charge on any atom is -0.480 e. The van der Waals surface area contributed by atoms with Gasteiger partial charge in [0.05, 0.1) is 19.3 Å². The van der Waals surface area contributed by atoms with Crippen molar-refractivity contribution in [3.63, 3.8) is 0 Å². The fourth-order valence-electron chi connectivity index (χ4n) is 3.38. The third-order valence-corrected chi connectivity index (χ3v) is 5.41. The van der Waals surface area contributed by atoms with Crippen LogP contribution >= 0.6 is 0 Å². The number of ether oxygens (including phenoxy) is 5. The Balaban J connectivity index is 3.26. The second kappa shape index (κ2) is 16.6. The van der Waals surface area contributed by atoms with Crippen LogP contribution in [0.4, 0.5) is 9.59 Å². The van der Waals surface area contributed by atoms with E-state index in [-0.39, 0.29) is 55.4 Å². The lowest BCUT2D eigenvalue weighted by Gasteiger charge is -2.25. The Bertz CT molecular complexity index is 960. The molecule has 0 bridgehead atoms. The molecule has 0 heterocycles. The van der Waals surface area contributed by atoms with Gasteiger partial charge < -0.3 is 34.5 Å². The first-order chi connectivity index (χ1) is 18.2. The van der Waals surface area contributed by atoms with Crippen LogP contribution < -0.4 is 15.2 Å². The topological polar surface area (TPSA) is 161 Å². The summed E-state index contributed by atoms with van der Waals surface area (Å²) in [6, 6.07) is 2.82. The average Bonchev–Trinajstić information content (AvgIpc) is 2.84. The van der Waals surface area contributed by atoms with Crippen molar-refractivity contribution in [2.75, 3.05) is 13.2 Å². The number of carboxylic acids is 1. The monoisotopic (exact) mass is 553 g/mol. The summed E-state index contributed by atoms with van der Waals surface area (Å²) in [5, 5.41) is 9.64. The maximum atomic E-state index is 12.3. The Kier molecular flexibility index (Phi) is 14.3. The molecule has 0 aliphatic carbocycles. The molecule has 1 rings (SSSR count). The highest BCUT2D eigenvalue weighted by Crippen LogP contribution is 2.35. The first kappa shape index (κ1) is 33.7. The molecule has 0 radical (unpaired) electrons. The molecule has 1 aromatic rings. The number of hydrogen-bond acceptors (Lipinski definition) is 10. The van der Waals surface area contributed by atoms with E-state index in [4.69, 9.17) is 29.4 Å². The molecule has 11 heteroatoms. The molecule has 1 aromatic carbocycles. The maximum Gasteiger partial charge on any atom is 0.513 e. The predicted molar refractivity (Wildman–Crippen MR) is 143 cm³/mol. The summed E-state index contributed by atoms with van der Waals surface area (Å²) in [4.78, 5) is 48.5. The number of carboxylic acid groups (broad SMARTS) is 1. The molecule has 3 atom stereocenters. The van der Waals surface area contributed by atoms with Crippen LogP contribution in [0.15, 0.2) is 18.2 Å². The van der Waals surface area contributed by atoms with Gasteiger partial charge in [-0.05, 0) is 55.2 Å². The average molecular weight is 554 g/mol. The lowest BCUT2D eigenvalue weighted by Crippen LogP contribution is -2.38. The second-order valence-corrected chi connectivity index (χ2v) is 10.8. The molecule has 0 spiro atoms. The van der Waals surface area contributed by atoms with Crippen molar-refractivity contribution in [2.45, 2.75) is 85.8 Å². The van der Waals surface area contributed by atoms with E-state index in [1.54, 1.807) is 6.92 Å². The van der Waals surface area contributed by atoms with Crippen molar-refractivity contribution in [3.05, 3.63) is 23.8 Å². The zero-order chi connectivity index (χ0) is 29.7. The summed E-state index contributed by atoms with van der Waals surface area (Å²) in [6.45, 7) is 13.3. The fourth-order valence-corrected chi connectivity index (χ4v) is 3.38. The molecule has 0 aliphatic heterocycles. The van der Waals surface area contributed by atoms with E-state index in [0.717, 1.165) is 0 Å². The van der Waals surface area contributed by atoms with Gasteiger partial charge in [0.1, 0.15) is 6.04 Å². The Morgan fingerprint density at radius 3 is 1.85 bits per heavy atom.